The number of hydrogen-bond donors (Lipinski definition) is 1. The van der Waals surface area contributed by atoms with Gasteiger partial charge in [0.2, 0.25) is 0 Å². The first-order chi connectivity index (χ1) is 11.7. The first kappa shape index (κ1) is 15.4. The van der Waals surface area contributed by atoms with Crippen LogP contribution in [0, 0.1) is 13.8 Å². The van der Waals surface area contributed by atoms with Crippen molar-refractivity contribution in [1.29, 1.82) is 0 Å². The lowest BCUT2D eigenvalue weighted by Crippen LogP contribution is -2.19. The quantitative estimate of drug-likeness (QED) is 0.933. The molecule has 24 heavy (non-hydrogen) atoms. The molecule has 0 amide bonds. The summed E-state index contributed by atoms with van der Waals surface area (Å²) in [4.78, 5) is 16.5. The van der Waals surface area contributed by atoms with E-state index in [1.807, 2.05) is 6.92 Å². The average molecular weight is 323 g/mol. The number of aromatic nitrogens is 3. The molecule has 0 bridgehead atoms. The maximum absolute atomic E-state index is 4.81. The van der Waals surface area contributed by atoms with E-state index < -0.39 is 0 Å². The first-order valence-corrected chi connectivity index (χ1v) is 9.07. The normalized spacial score (nSPS) is 17.0. The van der Waals surface area contributed by atoms with Gasteiger partial charge in [-0.2, -0.15) is 0 Å². The van der Waals surface area contributed by atoms with Gasteiger partial charge >= 0.3 is 0 Å². The fourth-order valence-corrected chi connectivity index (χ4v) is 3.75. The fraction of sp³-hybridized carbons (Fsp3) is 0.526. The van der Waals surface area contributed by atoms with Gasteiger partial charge in [-0.1, -0.05) is 0 Å². The highest BCUT2D eigenvalue weighted by molar-refractivity contribution is 5.64. The second-order valence-corrected chi connectivity index (χ2v) is 6.87. The summed E-state index contributed by atoms with van der Waals surface area (Å²) in [7, 11) is 0. The molecule has 126 valence electrons. The second kappa shape index (κ2) is 6.38. The van der Waals surface area contributed by atoms with Gasteiger partial charge in [0.05, 0.1) is 11.4 Å². The maximum Gasteiger partial charge on any atom is 0.137 e. The lowest BCUT2D eigenvalue weighted by molar-refractivity contribution is 0.660. The summed E-state index contributed by atoms with van der Waals surface area (Å²) in [5, 5.41) is 3.53. The highest BCUT2D eigenvalue weighted by Gasteiger charge is 2.18. The zero-order valence-electron chi connectivity index (χ0n) is 14.6. The molecule has 0 unspecified atom stereocenters. The predicted molar refractivity (Wildman–Crippen MR) is 97.1 cm³/mol. The molecular formula is C19H25N5. The van der Waals surface area contributed by atoms with Crippen molar-refractivity contribution in [3.8, 4) is 0 Å². The van der Waals surface area contributed by atoms with Crippen LogP contribution in [0.15, 0.2) is 12.1 Å². The largest absolute Gasteiger partial charge is 0.357 e. The Labute approximate surface area is 143 Å². The predicted octanol–water partition coefficient (Wildman–Crippen LogP) is 3.71. The molecule has 4 rings (SSSR count). The molecule has 2 aromatic rings. The van der Waals surface area contributed by atoms with Crippen LogP contribution in [0.1, 0.15) is 48.5 Å². The summed E-state index contributed by atoms with van der Waals surface area (Å²) in [6, 6.07) is 4.27. The van der Waals surface area contributed by atoms with Crippen LogP contribution in [0.4, 0.5) is 17.3 Å². The van der Waals surface area contributed by atoms with Crippen LogP contribution in [0.2, 0.25) is 0 Å². The summed E-state index contributed by atoms with van der Waals surface area (Å²) in [5.74, 6) is 2.91. The summed E-state index contributed by atoms with van der Waals surface area (Å²) < 4.78 is 0. The Hall–Kier alpha value is -2.17. The van der Waals surface area contributed by atoms with Crippen LogP contribution in [-0.4, -0.2) is 28.0 Å². The third-order valence-corrected chi connectivity index (χ3v) is 5.05. The minimum absolute atomic E-state index is 0.845. The van der Waals surface area contributed by atoms with Crippen LogP contribution >= 0.6 is 0 Å². The van der Waals surface area contributed by atoms with Crippen LogP contribution < -0.4 is 10.2 Å². The van der Waals surface area contributed by atoms with Crippen molar-refractivity contribution in [3.63, 3.8) is 0 Å². The van der Waals surface area contributed by atoms with Gasteiger partial charge in [-0.25, -0.2) is 15.0 Å². The molecule has 3 heterocycles. The van der Waals surface area contributed by atoms with Crippen LogP contribution in [0.3, 0.4) is 0 Å². The van der Waals surface area contributed by atoms with Gasteiger partial charge in [-0.15, -0.1) is 0 Å². The third kappa shape index (κ3) is 2.95. The van der Waals surface area contributed by atoms with Crippen molar-refractivity contribution in [1.82, 2.24) is 15.0 Å². The number of hydrogen-bond acceptors (Lipinski definition) is 5. The zero-order chi connectivity index (χ0) is 16.5. The van der Waals surface area contributed by atoms with E-state index in [0.29, 0.717) is 0 Å². The van der Waals surface area contributed by atoms with Crippen molar-refractivity contribution in [2.45, 2.75) is 52.4 Å². The molecule has 2 aromatic heterocycles. The number of aryl methyl sites for hydroxylation is 3. The van der Waals surface area contributed by atoms with E-state index in [4.69, 9.17) is 4.98 Å². The Morgan fingerprint density at radius 1 is 0.917 bits per heavy atom. The summed E-state index contributed by atoms with van der Waals surface area (Å²) in [5.41, 5.74) is 4.58. The van der Waals surface area contributed by atoms with Crippen molar-refractivity contribution in [3.05, 3.63) is 34.9 Å². The number of nitrogens with zero attached hydrogens (tertiary/aromatic N) is 4. The smallest absolute Gasteiger partial charge is 0.137 e. The highest BCUT2D eigenvalue weighted by Crippen LogP contribution is 2.29. The topological polar surface area (TPSA) is 53.9 Å². The molecule has 1 aliphatic heterocycles. The van der Waals surface area contributed by atoms with Gasteiger partial charge in [-0.3, -0.25) is 0 Å². The number of fused-ring (bicyclic) bond motifs is 1. The molecule has 0 atom stereocenters. The molecular weight excluding hydrogens is 298 g/mol. The Morgan fingerprint density at radius 2 is 1.71 bits per heavy atom. The van der Waals surface area contributed by atoms with E-state index in [1.54, 1.807) is 0 Å². The average Bonchev–Trinajstić information content (AvgIpc) is 3.11. The summed E-state index contributed by atoms with van der Waals surface area (Å²) in [6.45, 7) is 6.29. The van der Waals surface area contributed by atoms with Crippen molar-refractivity contribution < 1.29 is 0 Å². The molecule has 1 N–H and O–H groups in total. The molecule has 5 heteroatoms. The molecule has 2 aliphatic rings. The van der Waals surface area contributed by atoms with E-state index in [9.17, 15) is 0 Å². The zero-order valence-corrected chi connectivity index (χ0v) is 14.6. The summed E-state index contributed by atoms with van der Waals surface area (Å²) in [6.07, 6.45) is 7.13. The van der Waals surface area contributed by atoms with Crippen molar-refractivity contribution >= 4 is 17.3 Å². The Morgan fingerprint density at radius 3 is 2.50 bits per heavy atom. The standard InChI is InChI=1S/C19H25N5/c1-13-16(9-10-18(20-13)24-11-5-6-12-24)23-19-15-7-3-4-8-17(15)21-14(2)22-19/h9-10H,3-8,11-12H2,1-2H3,(H,21,22,23). The van der Waals surface area contributed by atoms with E-state index in [1.165, 1.54) is 36.9 Å². The summed E-state index contributed by atoms with van der Waals surface area (Å²) >= 11 is 0. The highest BCUT2D eigenvalue weighted by atomic mass is 15.2. The van der Waals surface area contributed by atoms with Gasteiger partial charge in [0.25, 0.3) is 0 Å². The number of nitrogens with one attached hydrogen (secondary N) is 1. The minimum atomic E-state index is 0.845. The van der Waals surface area contributed by atoms with E-state index in [-0.39, 0.29) is 0 Å². The van der Waals surface area contributed by atoms with Gasteiger partial charge in [0, 0.05) is 24.3 Å². The second-order valence-electron chi connectivity index (χ2n) is 6.87. The number of pyridine rings is 1. The van der Waals surface area contributed by atoms with Crippen LogP contribution in [0.25, 0.3) is 0 Å². The molecule has 0 aromatic carbocycles. The van der Waals surface area contributed by atoms with Gasteiger partial charge < -0.3 is 10.2 Å². The molecule has 1 aliphatic carbocycles. The maximum atomic E-state index is 4.81. The molecule has 0 spiro atoms. The van der Waals surface area contributed by atoms with Gasteiger partial charge in [0.1, 0.15) is 17.5 Å². The van der Waals surface area contributed by atoms with Crippen molar-refractivity contribution in [2.75, 3.05) is 23.3 Å². The van der Waals surface area contributed by atoms with Crippen molar-refractivity contribution in [2.24, 2.45) is 0 Å². The molecule has 5 nitrogen and oxygen atoms in total. The fourth-order valence-electron chi connectivity index (χ4n) is 3.75. The molecule has 1 saturated heterocycles. The van der Waals surface area contributed by atoms with Gasteiger partial charge in [0.15, 0.2) is 0 Å². The minimum Gasteiger partial charge on any atom is -0.357 e. The molecule has 1 fully saturated rings. The monoisotopic (exact) mass is 323 g/mol. The van der Waals surface area contributed by atoms with E-state index >= 15 is 0 Å². The third-order valence-electron chi connectivity index (χ3n) is 5.05. The number of anilines is 3. The Balaban J connectivity index is 1.62. The lowest BCUT2D eigenvalue weighted by atomic mass is 9.96. The Bertz CT molecular complexity index is 750. The van der Waals surface area contributed by atoms with E-state index in [0.717, 1.165) is 54.8 Å². The molecule has 0 saturated carbocycles. The SMILES string of the molecule is Cc1nc2c(c(Nc3ccc(N4CCCC4)nc3C)n1)CCCC2. The van der Waals surface area contributed by atoms with Crippen LogP contribution in [-0.2, 0) is 12.8 Å². The molecule has 0 radical (unpaired) electrons. The van der Waals surface area contributed by atoms with E-state index in [2.05, 4.69) is 39.2 Å². The number of rotatable bonds is 3. The first-order valence-electron chi connectivity index (χ1n) is 9.07. The van der Waals surface area contributed by atoms with Crippen LogP contribution in [0.5, 0.6) is 0 Å². The Kier molecular flexibility index (Phi) is 4.08. The van der Waals surface area contributed by atoms with Gasteiger partial charge in [-0.05, 0) is 64.5 Å². The lowest BCUT2D eigenvalue weighted by Gasteiger charge is -2.21.